The van der Waals surface area contributed by atoms with Gasteiger partial charge >= 0.3 is 0 Å². The van der Waals surface area contributed by atoms with E-state index in [0.717, 1.165) is 32.7 Å². The summed E-state index contributed by atoms with van der Waals surface area (Å²) < 4.78 is 5.81. The highest BCUT2D eigenvalue weighted by Gasteiger charge is 2.33. The van der Waals surface area contributed by atoms with Crippen molar-refractivity contribution in [2.75, 3.05) is 32.8 Å². The highest BCUT2D eigenvalue weighted by Crippen LogP contribution is 2.26. The van der Waals surface area contributed by atoms with E-state index in [1.54, 1.807) is 0 Å². The van der Waals surface area contributed by atoms with E-state index in [-0.39, 0.29) is 18.6 Å². The molecule has 1 aromatic rings. The molecule has 0 saturated carbocycles. The predicted molar refractivity (Wildman–Crippen MR) is 86.4 cm³/mol. The van der Waals surface area contributed by atoms with Crippen molar-refractivity contribution in [1.82, 2.24) is 9.80 Å². The maximum atomic E-state index is 11.7. The number of likely N-dealkylation sites (N-methyl/N-ethyl adjacent to an activating group) is 1. The van der Waals surface area contributed by atoms with Crippen LogP contribution in [0.2, 0.25) is 0 Å². The molecule has 0 radical (unpaired) electrons. The van der Waals surface area contributed by atoms with E-state index in [1.165, 1.54) is 18.4 Å². The molecule has 3 rings (SSSR count). The summed E-state index contributed by atoms with van der Waals surface area (Å²) >= 11 is 0. The van der Waals surface area contributed by atoms with Crippen molar-refractivity contribution in [3.8, 4) is 0 Å². The zero-order chi connectivity index (χ0) is 15.4. The van der Waals surface area contributed by atoms with E-state index in [4.69, 9.17) is 4.74 Å². The fourth-order valence-corrected chi connectivity index (χ4v) is 3.56. The molecule has 4 nitrogen and oxygen atoms in total. The molecule has 1 aromatic carbocycles. The number of carbonyl (C=O) groups is 1. The van der Waals surface area contributed by atoms with Crippen molar-refractivity contribution in [3.63, 3.8) is 0 Å². The normalized spacial score (nSPS) is 24.7. The fraction of sp³-hybridized carbons (Fsp3) is 0.611. The zero-order valence-electron chi connectivity index (χ0n) is 13.4. The van der Waals surface area contributed by atoms with E-state index < -0.39 is 0 Å². The van der Waals surface area contributed by atoms with Crippen LogP contribution in [0.1, 0.15) is 25.3 Å². The number of nitrogens with zero attached hydrogens (tertiary/aromatic N) is 2. The van der Waals surface area contributed by atoms with Crippen LogP contribution in [0, 0.1) is 5.92 Å². The van der Waals surface area contributed by atoms with Crippen LogP contribution in [0.25, 0.3) is 0 Å². The molecule has 0 spiro atoms. The number of rotatable bonds is 4. The lowest BCUT2D eigenvalue weighted by Crippen LogP contribution is -2.50. The molecule has 2 fully saturated rings. The summed E-state index contributed by atoms with van der Waals surface area (Å²) in [5, 5.41) is 0. The Morgan fingerprint density at radius 2 is 1.91 bits per heavy atom. The van der Waals surface area contributed by atoms with E-state index >= 15 is 0 Å². The number of likely N-dealkylation sites (tertiary alicyclic amines) is 1. The SMILES string of the molecule is CCN1CC(C2CCN(Cc3ccccc3)CC2)OCC1=O. The van der Waals surface area contributed by atoms with Gasteiger partial charge in [0, 0.05) is 19.6 Å². The Labute approximate surface area is 133 Å². The second-order valence-electron chi connectivity index (χ2n) is 6.38. The standard InChI is InChI=1S/C18H26N2O2/c1-2-20-13-17(22-14-18(20)21)16-8-10-19(11-9-16)12-15-6-4-3-5-7-15/h3-7,16-17H,2,8-14H2,1H3. The van der Waals surface area contributed by atoms with Gasteiger partial charge in [0.1, 0.15) is 6.61 Å². The lowest BCUT2D eigenvalue weighted by molar-refractivity contribution is -0.153. The highest BCUT2D eigenvalue weighted by atomic mass is 16.5. The minimum absolute atomic E-state index is 0.139. The summed E-state index contributed by atoms with van der Waals surface area (Å²) in [6.45, 7) is 7.17. The van der Waals surface area contributed by atoms with E-state index in [9.17, 15) is 4.79 Å². The van der Waals surface area contributed by atoms with E-state index in [0.29, 0.717) is 5.92 Å². The monoisotopic (exact) mass is 302 g/mol. The Balaban J connectivity index is 1.48. The van der Waals surface area contributed by atoms with Crippen LogP contribution in [0.3, 0.4) is 0 Å². The Morgan fingerprint density at radius 3 is 2.59 bits per heavy atom. The van der Waals surface area contributed by atoms with Crippen molar-refractivity contribution in [1.29, 1.82) is 0 Å². The van der Waals surface area contributed by atoms with Gasteiger partial charge in [-0.25, -0.2) is 0 Å². The van der Waals surface area contributed by atoms with Crippen LogP contribution in [0.5, 0.6) is 0 Å². The Hall–Kier alpha value is -1.39. The van der Waals surface area contributed by atoms with Gasteiger partial charge in [0.15, 0.2) is 0 Å². The second-order valence-corrected chi connectivity index (χ2v) is 6.38. The molecule has 4 heteroatoms. The Morgan fingerprint density at radius 1 is 1.18 bits per heavy atom. The van der Waals surface area contributed by atoms with Crippen molar-refractivity contribution in [2.24, 2.45) is 5.92 Å². The van der Waals surface area contributed by atoms with Crippen molar-refractivity contribution >= 4 is 5.91 Å². The molecule has 2 aliphatic heterocycles. The lowest BCUT2D eigenvalue weighted by Gasteiger charge is -2.40. The summed E-state index contributed by atoms with van der Waals surface area (Å²) in [6, 6.07) is 10.7. The number of carbonyl (C=O) groups excluding carboxylic acids is 1. The topological polar surface area (TPSA) is 32.8 Å². The molecule has 2 heterocycles. The largest absolute Gasteiger partial charge is 0.366 e. The van der Waals surface area contributed by atoms with Crippen LogP contribution < -0.4 is 0 Å². The lowest BCUT2D eigenvalue weighted by atomic mass is 9.90. The number of morpholine rings is 1. The van der Waals surface area contributed by atoms with Crippen LogP contribution in [-0.4, -0.2) is 54.6 Å². The highest BCUT2D eigenvalue weighted by molar-refractivity contribution is 5.78. The molecule has 120 valence electrons. The first kappa shape index (κ1) is 15.5. The maximum Gasteiger partial charge on any atom is 0.248 e. The third-order valence-corrected chi connectivity index (χ3v) is 4.96. The second kappa shape index (κ2) is 7.25. The smallest absolute Gasteiger partial charge is 0.248 e. The summed E-state index contributed by atoms with van der Waals surface area (Å²) in [6.07, 6.45) is 2.57. The molecule has 2 aliphatic rings. The quantitative estimate of drug-likeness (QED) is 0.854. The average molecular weight is 302 g/mol. The molecular formula is C18H26N2O2. The van der Waals surface area contributed by atoms with Crippen LogP contribution in [-0.2, 0) is 16.1 Å². The number of hydrogen-bond acceptors (Lipinski definition) is 3. The van der Waals surface area contributed by atoms with Gasteiger partial charge in [-0.3, -0.25) is 9.69 Å². The number of piperidine rings is 1. The number of benzene rings is 1. The fourth-order valence-electron chi connectivity index (χ4n) is 3.56. The number of ether oxygens (including phenoxy) is 1. The predicted octanol–water partition coefficient (Wildman–Crippen LogP) is 2.15. The minimum atomic E-state index is 0.139. The molecule has 0 N–H and O–H groups in total. The van der Waals surface area contributed by atoms with Crippen LogP contribution >= 0.6 is 0 Å². The third kappa shape index (κ3) is 3.68. The van der Waals surface area contributed by atoms with E-state index in [1.807, 2.05) is 11.8 Å². The first-order chi connectivity index (χ1) is 10.8. The van der Waals surface area contributed by atoms with Gasteiger partial charge in [0.2, 0.25) is 5.91 Å². The Kier molecular flexibility index (Phi) is 5.11. The molecule has 22 heavy (non-hydrogen) atoms. The van der Waals surface area contributed by atoms with Crippen molar-refractivity contribution < 1.29 is 9.53 Å². The zero-order valence-corrected chi connectivity index (χ0v) is 13.4. The molecule has 0 aromatic heterocycles. The van der Waals surface area contributed by atoms with Gasteiger partial charge in [-0.15, -0.1) is 0 Å². The first-order valence-electron chi connectivity index (χ1n) is 8.42. The molecule has 2 saturated heterocycles. The van der Waals surface area contributed by atoms with Crippen molar-refractivity contribution in [2.45, 2.75) is 32.4 Å². The van der Waals surface area contributed by atoms with Gasteiger partial charge < -0.3 is 9.64 Å². The summed E-state index contributed by atoms with van der Waals surface area (Å²) in [5.74, 6) is 0.731. The number of amides is 1. The Bertz CT molecular complexity index is 483. The average Bonchev–Trinajstić information content (AvgIpc) is 2.57. The molecular weight excluding hydrogens is 276 g/mol. The summed E-state index contributed by atoms with van der Waals surface area (Å²) in [5.41, 5.74) is 1.39. The van der Waals surface area contributed by atoms with Gasteiger partial charge in [-0.2, -0.15) is 0 Å². The van der Waals surface area contributed by atoms with Gasteiger partial charge in [0.25, 0.3) is 0 Å². The van der Waals surface area contributed by atoms with Gasteiger partial charge in [-0.1, -0.05) is 30.3 Å². The summed E-state index contributed by atoms with van der Waals surface area (Å²) in [7, 11) is 0. The number of hydrogen-bond donors (Lipinski definition) is 0. The van der Waals surface area contributed by atoms with Gasteiger partial charge in [0.05, 0.1) is 6.10 Å². The molecule has 0 bridgehead atoms. The minimum Gasteiger partial charge on any atom is -0.366 e. The van der Waals surface area contributed by atoms with Crippen LogP contribution in [0.4, 0.5) is 0 Å². The van der Waals surface area contributed by atoms with E-state index in [2.05, 4.69) is 35.2 Å². The molecule has 1 unspecified atom stereocenters. The summed E-state index contributed by atoms with van der Waals surface area (Å²) in [4.78, 5) is 16.2. The molecule has 0 aliphatic carbocycles. The molecule has 1 amide bonds. The third-order valence-electron chi connectivity index (χ3n) is 4.96. The molecule has 1 atom stereocenters. The van der Waals surface area contributed by atoms with Crippen molar-refractivity contribution in [3.05, 3.63) is 35.9 Å². The first-order valence-corrected chi connectivity index (χ1v) is 8.42. The maximum absolute atomic E-state index is 11.7. The van der Waals surface area contributed by atoms with Crippen LogP contribution in [0.15, 0.2) is 30.3 Å². The van der Waals surface area contributed by atoms with Gasteiger partial charge in [-0.05, 0) is 44.3 Å².